The molecule has 0 fully saturated rings. The van der Waals surface area contributed by atoms with Crippen molar-refractivity contribution >= 4 is 29.0 Å². The molecule has 86 valence electrons. The van der Waals surface area contributed by atoms with Gasteiger partial charge in [0.1, 0.15) is 0 Å². The van der Waals surface area contributed by atoms with Crippen LogP contribution in [0, 0.1) is 11.3 Å². The quantitative estimate of drug-likeness (QED) is 0.791. The maximum Gasteiger partial charge on any atom is 0.230 e. The summed E-state index contributed by atoms with van der Waals surface area (Å²) in [5, 5.41) is 13.3. The molecular formula is C11H14N2OS2. The van der Waals surface area contributed by atoms with Gasteiger partial charge in [0.25, 0.3) is 0 Å². The Balaban J connectivity index is 2.21. The highest BCUT2D eigenvalue weighted by molar-refractivity contribution is 8.00. The van der Waals surface area contributed by atoms with Crippen molar-refractivity contribution < 1.29 is 4.79 Å². The van der Waals surface area contributed by atoms with E-state index in [1.807, 2.05) is 24.4 Å². The molecule has 0 spiro atoms. The topological polar surface area (TPSA) is 52.9 Å². The van der Waals surface area contributed by atoms with Gasteiger partial charge in [-0.3, -0.25) is 4.79 Å². The summed E-state index contributed by atoms with van der Waals surface area (Å²) in [6.07, 6.45) is 0.867. The van der Waals surface area contributed by atoms with Gasteiger partial charge in [-0.2, -0.15) is 5.26 Å². The van der Waals surface area contributed by atoms with Crippen molar-refractivity contribution in [2.45, 2.75) is 19.4 Å². The van der Waals surface area contributed by atoms with Crippen LogP contribution in [0.5, 0.6) is 0 Å². The number of carbonyl (C=O) groups is 1. The summed E-state index contributed by atoms with van der Waals surface area (Å²) in [7, 11) is 0. The molecule has 1 atom stereocenters. The lowest BCUT2D eigenvalue weighted by Gasteiger charge is -2.12. The first-order valence-corrected chi connectivity index (χ1v) is 7.02. The Kier molecular flexibility index (Phi) is 5.98. The SMILES string of the molecule is C[C@@H](Cc1cccs1)NC(=O)CSCC#N. The molecule has 0 aromatic carbocycles. The third kappa shape index (κ3) is 5.19. The fraction of sp³-hybridized carbons (Fsp3) is 0.455. The number of thiophene rings is 1. The number of hydrogen-bond acceptors (Lipinski definition) is 4. The van der Waals surface area contributed by atoms with E-state index in [0.29, 0.717) is 11.5 Å². The minimum Gasteiger partial charge on any atom is -0.353 e. The summed E-state index contributed by atoms with van der Waals surface area (Å²) >= 11 is 3.04. The lowest BCUT2D eigenvalue weighted by Crippen LogP contribution is -2.35. The first kappa shape index (κ1) is 13.1. The van der Waals surface area contributed by atoms with Gasteiger partial charge in [-0.15, -0.1) is 23.1 Å². The van der Waals surface area contributed by atoms with Crippen LogP contribution in [0.3, 0.4) is 0 Å². The van der Waals surface area contributed by atoms with Crippen LogP contribution < -0.4 is 5.32 Å². The maximum atomic E-state index is 11.4. The third-order valence-corrected chi connectivity index (χ3v) is 3.59. The smallest absolute Gasteiger partial charge is 0.230 e. The van der Waals surface area contributed by atoms with Crippen LogP contribution in [0.4, 0.5) is 0 Å². The lowest BCUT2D eigenvalue weighted by molar-refractivity contribution is -0.119. The van der Waals surface area contributed by atoms with Gasteiger partial charge in [-0.25, -0.2) is 0 Å². The predicted molar refractivity (Wildman–Crippen MR) is 68.6 cm³/mol. The second kappa shape index (κ2) is 7.31. The normalized spacial score (nSPS) is 11.8. The zero-order valence-electron chi connectivity index (χ0n) is 9.10. The molecule has 0 aliphatic heterocycles. The Morgan fingerprint density at radius 2 is 2.56 bits per heavy atom. The number of rotatable bonds is 6. The van der Waals surface area contributed by atoms with Crippen molar-refractivity contribution in [1.82, 2.24) is 5.32 Å². The Bertz CT molecular complexity index is 357. The third-order valence-electron chi connectivity index (χ3n) is 1.89. The zero-order chi connectivity index (χ0) is 11.8. The Hall–Kier alpha value is -0.990. The van der Waals surface area contributed by atoms with Crippen molar-refractivity contribution in [2.75, 3.05) is 11.5 Å². The second-order valence-corrected chi connectivity index (χ2v) is 5.42. The van der Waals surface area contributed by atoms with E-state index in [4.69, 9.17) is 5.26 Å². The molecule has 0 unspecified atom stereocenters. The predicted octanol–water partition coefficient (Wildman–Crippen LogP) is 2.05. The maximum absolute atomic E-state index is 11.4. The molecule has 0 saturated carbocycles. The molecule has 1 heterocycles. The Morgan fingerprint density at radius 1 is 1.75 bits per heavy atom. The molecule has 0 saturated heterocycles. The van der Waals surface area contributed by atoms with Gasteiger partial charge in [0, 0.05) is 17.3 Å². The zero-order valence-corrected chi connectivity index (χ0v) is 10.7. The van der Waals surface area contributed by atoms with E-state index >= 15 is 0 Å². The molecule has 0 aliphatic rings. The van der Waals surface area contributed by atoms with Crippen LogP contribution in [-0.4, -0.2) is 23.5 Å². The van der Waals surface area contributed by atoms with Gasteiger partial charge in [0.2, 0.25) is 5.91 Å². The molecule has 1 amide bonds. The van der Waals surface area contributed by atoms with Gasteiger partial charge in [-0.1, -0.05) is 6.07 Å². The molecule has 1 aromatic rings. The molecule has 1 aromatic heterocycles. The van der Waals surface area contributed by atoms with Crippen molar-refractivity contribution in [3.8, 4) is 6.07 Å². The summed E-state index contributed by atoms with van der Waals surface area (Å²) in [5.74, 6) is 0.735. The average Bonchev–Trinajstić information content (AvgIpc) is 2.70. The molecular weight excluding hydrogens is 240 g/mol. The number of nitrogens with one attached hydrogen (secondary N) is 1. The van der Waals surface area contributed by atoms with Crippen molar-refractivity contribution in [3.63, 3.8) is 0 Å². The molecule has 16 heavy (non-hydrogen) atoms. The van der Waals surface area contributed by atoms with Crippen LogP contribution in [0.2, 0.25) is 0 Å². The number of amides is 1. The van der Waals surface area contributed by atoms with Crippen LogP contribution in [0.1, 0.15) is 11.8 Å². The average molecular weight is 254 g/mol. The first-order valence-electron chi connectivity index (χ1n) is 4.99. The summed E-state index contributed by atoms with van der Waals surface area (Å²) in [5.41, 5.74) is 0. The number of thioether (sulfide) groups is 1. The fourth-order valence-electron chi connectivity index (χ4n) is 1.29. The molecule has 3 nitrogen and oxygen atoms in total. The van der Waals surface area contributed by atoms with Crippen molar-refractivity contribution in [1.29, 1.82) is 5.26 Å². The highest BCUT2D eigenvalue weighted by atomic mass is 32.2. The molecule has 0 aliphatic carbocycles. The van der Waals surface area contributed by atoms with E-state index in [-0.39, 0.29) is 11.9 Å². The van der Waals surface area contributed by atoms with Crippen LogP contribution >= 0.6 is 23.1 Å². The van der Waals surface area contributed by atoms with E-state index in [1.165, 1.54) is 16.6 Å². The minimum atomic E-state index is 0.00399. The van der Waals surface area contributed by atoms with Crippen LogP contribution in [0.15, 0.2) is 17.5 Å². The highest BCUT2D eigenvalue weighted by Crippen LogP contribution is 2.11. The van der Waals surface area contributed by atoms with Crippen molar-refractivity contribution in [3.05, 3.63) is 22.4 Å². The number of hydrogen-bond donors (Lipinski definition) is 1. The highest BCUT2D eigenvalue weighted by Gasteiger charge is 2.08. The monoisotopic (exact) mass is 254 g/mol. The van der Waals surface area contributed by atoms with Crippen molar-refractivity contribution in [2.24, 2.45) is 0 Å². The summed E-state index contributed by atoms with van der Waals surface area (Å²) in [6.45, 7) is 1.99. The van der Waals surface area contributed by atoms with Gasteiger partial charge in [0.15, 0.2) is 0 Å². The Labute approximate surface area is 104 Å². The molecule has 0 radical (unpaired) electrons. The van der Waals surface area contributed by atoms with Crippen LogP contribution in [-0.2, 0) is 11.2 Å². The summed E-state index contributed by atoms with van der Waals surface area (Å²) < 4.78 is 0. The van der Waals surface area contributed by atoms with Gasteiger partial charge in [-0.05, 0) is 18.4 Å². The summed E-state index contributed by atoms with van der Waals surface area (Å²) in [4.78, 5) is 12.7. The second-order valence-electron chi connectivity index (χ2n) is 3.40. The fourth-order valence-corrected chi connectivity index (χ4v) is 2.58. The molecule has 1 N–H and O–H groups in total. The summed E-state index contributed by atoms with van der Waals surface area (Å²) in [6, 6.07) is 6.22. The molecule has 0 bridgehead atoms. The van der Waals surface area contributed by atoms with Gasteiger partial charge >= 0.3 is 0 Å². The van der Waals surface area contributed by atoms with Crippen LogP contribution in [0.25, 0.3) is 0 Å². The lowest BCUT2D eigenvalue weighted by atomic mass is 10.2. The Morgan fingerprint density at radius 3 is 3.19 bits per heavy atom. The van der Waals surface area contributed by atoms with E-state index in [0.717, 1.165) is 6.42 Å². The minimum absolute atomic E-state index is 0.00399. The number of nitrogens with zero attached hydrogens (tertiary/aromatic N) is 1. The number of nitriles is 1. The first-order chi connectivity index (χ1) is 7.72. The van der Waals surface area contributed by atoms with E-state index < -0.39 is 0 Å². The van der Waals surface area contributed by atoms with E-state index in [1.54, 1.807) is 11.3 Å². The standard InChI is InChI=1S/C11H14N2OS2/c1-9(7-10-3-2-5-16-10)13-11(14)8-15-6-4-12/h2-3,5,9H,6-8H2,1H3,(H,13,14)/t9-/m0/s1. The largest absolute Gasteiger partial charge is 0.353 e. The number of carbonyl (C=O) groups excluding carboxylic acids is 1. The molecule has 5 heteroatoms. The van der Waals surface area contributed by atoms with Gasteiger partial charge in [0.05, 0.1) is 17.6 Å². The molecule has 1 rings (SSSR count). The van der Waals surface area contributed by atoms with E-state index in [2.05, 4.69) is 11.4 Å². The van der Waals surface area contributed by atoms with Gasteiger partial charge < -0.3 is 5.32 Å². The van der Waals surface area contributed by atoms with E-state index in [9.17, 15) is 4.79 Å².